The highest BCUT2D eigenvalue weighted by Gasteiger charge is 2.34. The van der Waals surface area contributed by atoms with Gasteiger partial charge < -0.3 is 15.5 Å². The van der Waals surface area contributed by atoms with Gasteiger partial charge in [-0.3, -0.25) is 14.5 Å². The number of nitrogens with one attached hydrogen (secondary N) is 2. The first kappa shape index (κ1) is 29.9. The van der Waals surface area contributed by atoms with Gasteiger partial charge in [0.2, 0.25) is 5.91 Å². The molecule has 0 unspecified atom stereocenters. The number of rotatable bonds is 9. The van der Waals surface area contributed by atoms with Gasteiger partial charge in [-0.2, -0.15) is 13.2 Å². The van der Waals surface area contributed by atoms with Crippen molar-refractivity contribution in [2.45, 2.75) is 33.0 Å². The average Bonchev–Trinajstić information content (AvgIpc) is 2.95. The summed E-state index contributed by atoms with van der Waals surface area (Å²) >= 11 is 0. The van der Waals surface area contributed by atoms with Gasteiger partial charge in [0.1, 0.15) is 12.1 Å². The summed E-state index contributed by atoms with van der Waals surface area (Å²) in [4.78, 5) is 37.2. The monoisotopic (exact) mass is 566 g/mol. The quantitative estimate of drug-likeness (QED) is 0.358. The number of halogens is 3. The molecule has 0 bridgehead atoms. The van der Waals surface area contributed by atoms with Crippen LogP contribution < -0.4 is 10.6 Å². The number of anilines is 2. The SMILES string of the molecule is C=CC(=O)Nc1cc(Cc2cc(C(=O)Nc3ccc(CN4CCN(CC)CC4)c(C(F)(F)F)c3)ccc2C)ncn1. The van der Waals surface area contributed by atoms with Gasteiger partial charge in [0.15, 0.2) is 0 Å². The third-order valence-electron chi connectivity index (χ3n) is 7.12. The van der Waals surface area contributed by atoms with Crippen molar-refractivity contribution in [2.24, 2.45) is 0 Å². The first-order valence-corrected chi connectivity index (χ1v) is 13.4. The van der Waals surface area contributed by atoms with Crippen molar-refractivity contribution in [3.8, 4) is 0 Å². The number of piperazine rings is 1. The summed E-state index contributed by atoms with van der Waals surface area (Å²) in [6, 6.07) is 10.7. The van der Waals surface area contributed by atoms with Crippen molar-refractivity contribution in [3.05, 3.63) is 95.0 Å². The summed E-state index contributed by atoms with van der Waals surface area (Å²) in [6.45, 7) is 11.6. The zero-order valence-electron chi connectivity index (χ0n) is 23.1. The van der Waals surface area contributed by atoms with Crippen LogP contribution in [-0.4, -0.2) is 64.3 Å². The van der Waals surface area contributed by atoms with Crippen LogP contribution >= 0.6 is 0 Å². The fraction of sp³-hybridized carbons (Fsp3) is 0.333. The van der Waals surface area contributed by atoms with Crippen molar-refractivity contribution < 1.29 is 22.8 Å². The summed E-state index contributed by atoms with van der Waals surface area (Å²) in [5.74, 6) is -0.607. The van der Waals surface area contributed by atoms with Crippen LogP contribution in [0.2, 0.25) is 0 Å². The molecule has 2 amide bonds. The van der Waals surface area contributed by atoms with Gasteiger partial charge in [0, 0.05) is 56.5 Å². The van der Waals surface area contributed by atoms with Gasteiger partial charge in [0.25, 0.3) is 5.91 Å². The standard InChI is InChI=1S/C30H33F3N6O2/c1-4-28(40)37-27-17-25(34-19-35-27)15-23-14-21(7-6-20(23)3)29(41)36-24-9-8-22(26(16-24)30(31,32)33)18-39-12-10-38(5-2)11-13-39/h4,6-9,14,16-17,19H,1,5,10-13,15,18H2,2-3H3,(H,36,41)(H,34,35,37,40). The van der Waals surface area contributed by atoms with Crippen LogP contribution in [0.1, 0.15) is 45.2 Å². The maximum Gasteiger partial charge on any atom is 0.416 e. The smallest absolute Gasteiger partial charge is 0.322 e. The lowest BCUT2D eigenvalue weighted by molar-refractivity contribution is -0.138. The van der Waals surface area contributed by atoms with Crippen molar-refractivity contribution in [3.63, 3.8) is 0 Å². The number of carbonyl (C=O) groups excluding carboxylic acids is 2. The van der Waals surface area contributed by atoms with Gasteiger partial charge in [-0.15, -0.1) is 0 Å². The number of alkyl halides is 3. The molecule has 216 valence electrons. The molecular formula is C30H33F3N6O2. The molecule has 3 aromatic rings. The molecule has 0 spiro atoms. The lowest BCUT2D eigenvalue weighted by Crippen LogP contribution is -2.45. The molecule has 0 radical (unpaired) electrons. The molecule has 2 heterocycles. The number of nitrogens with zero attached hydrogens (tertiary/aromatic N) is 4. The van der Waals surface area contributed by atoms with E-state index in [1.165, 1.54) is 18.5 Å². The molecule has 1 aliphatic rings. The molecule has 0 atom stereocenters. The van der Waals surface area contributed by atoms with E-state index in [1.807, 2.05) is 11.8 Å². The Bertz CT molecular complexity index is 1420. The molecule has 4 rings (SSSR count). The van der Waals surface area contributed by atoms with E-state index in [2.05, 4.69) is 39.0 Å². The summed E-state index contributed by atoms with van der Waals surface area (Å²) < 4.78 is 42.0. The molecular weight excluding hydrogens is 533 g/mol. The molecule has 1 saturated heterocycles. The molecule has 1 aliphatic heterocycles. The first-order chi connectivity index (χ1) is 19.5. The van der Waals surface area contributed by atoms with E-state index in [0.29, 0.717) is 36.6 Å². The van der Waals surface area contributed by atoms with Crippen LogP contribution in [0.5, 0.6) is 0 Å². The normalized spacial score (nSPS) is 14.5. The van der Waals surface area contributed by atoms with Gasteiger partial charge >= 0.3 is 6.18 Å². The number of aryl methyl sites for hydroxylation is 1. The van der Waals surface area contributed by atoms with Gasteiger partial charge in [-0.1, -0.05) is 25.6 Å². The Morgan fingerprint density at radius 3 is 2.39 bits per heavy atom. The summed E-state index contributed by atoms with van der Waals surface area (Å²) in [5.41, 5.74) is 2.12. The maximum atomic E-state index is 14.0. The number of aromatic nitrogens is 2. The van der Waals surface area contributed by atoms with Crippen LogP contribution in [0.4, 0.5) is 24.7 Å². The number of amides is 2. The minimum absolute atomic E-state index is 0.0717. The fourth-order valence-electron chi connectivity index (χ4n) is 4.70. The van der Waals surface area contributed by atoms with Crippen molar-refractivity contribution in [1.29, 1.82) is 0 Å². The molecule has 2 aromatic carbocycles. The number of hydrogen-bond acceptors (Lipinski definition) is 6. The second-order valence-electron chi connectivity index (χ2n) is 9.94. The Morgan fingerprint density at radius 1 is 0.976 bits per heavy atom. The molecule has 2 N–H and O–H groups in total. The second-order valence-corrected chi connectivity index (χ2v) is 9.94. The van der Waals surface area contributed by atoms with Crippen LogP contribution in [0.15, 0.2) is 61.4 Å². The number of likely N-dealkylation sites (N-methyl/N-ethyl adjacent to an activating group) is 1. The highest BCUT2D eigenvalue weighted by atomic mass is 19.4. The molecule has 1 fully saturated rings. The Hall–Kier alpha value is -4.09. The summed E-state index contributed by atoms with van der Waals surface area (Å²) in [6.07, 6.45) is -1.74. The van der Waals surface area contributed by atoms with E-state index in [4.69, 9.17) is 0 Å². The van der Waals surface area contributed by atoms with Crippen LogP contribution in [-0.2, 0) is 23.9 Å². The highest BCUT2D eigenvalue weighted by Crippen LogP contribution is 2.35. The highest BCUT2D eigenvalue weighted by molar-refractivity contribution is 6.04. The number of hydrogen-bond donors (Lipinski definition) is 2. The molecule has 0 saturated carbocycles. The van der Waals surface area contributed by atoms with Crippen LogP contribution in [0.25, 0.3) is 0 Å². The molecule has 41 heavy (non-hydrogen) atoms. The van der Waals surface area contributed by atoms with Crippen molar-refractivity contribution >= 4 is 23.3 Å². The lowest BCUT2D eigenvalue weighted by Gasteiger charge is -2.34. The van der Waals surface area contributed by atoms with E-state index in [9.17, 15) is 22.8 Å². The van der Waals surface area contributed by atoms with E-state index in [-0.39, 0.29) is 17.8 Å². The summed E-state index contributed by atoms with van der Waals surface area (Å²) in [7, 11) is 0. The second kappa shape index (κ2) is 13.0. The zero-order chi connectivity index (χ0) is 29.6. The Morgan fingerprint density at radius 2 is 1.71 bits per heavy atom. The minimum Gasteiger partial charge on any atom is -0.322 e. The van der Waals surface area contributed by atoms with Crippen molar-refractivity contribution in [2.75, 3.05) is 43.4 Å². The van der Waals surface area contributed by atoms with Crippen LogP contribution in [0.3, 0.4) is 0 Å². The Labute approximate surface area is 237 Å². The number of benzene rings is 2. The topological polar surface area (TPSA) is 90.5 Å². The van der Waals surface area contributed by atoms with Gasteiger partial charge in [0.05, 0.1) is 11.3 Å². The van der Waals surface area contributed by atoms with E-state index in [0.717, 1.165) is 42.9 Å². The molecule has 0 aliphatic carbocycles. The Balaban J connectivity index is 1.49. The fourth-order valence-corrected chi connectivity index (χ4v) is 4.70. The third-order valence-corrected chi connectivity index (χ3v) is 7.12. The maximum absolute atomic E-state index is 14.0. The Kier molecular flexibility index (Phi) is 9.51. The zero-order valence-corrected chi connectivity index (χ0v) is 23.1. The molecule has 8 nitrogen and oxygen atoms in total. The first-order valence-electron chi connectivity index (χ1n) is 13.4. The molecule has 1 aromatic heterocycles. The van der Waals surface area contributed by atoms with Crippen molar-refractivity contribution in [1.82, 2.24) is 19.8 Å². The van der Waals surface area contributed by atoms with E-state index in [1.54, 1.807) is 24.3 Å². The van der Waals surface area contributed by atoms with Gasteiger partial charge in [-0.05, 0) is 60.5 Å². The van der Waals surface area contributed by atoms with Gasteiger partial charge in [-0.25, -0.2) is 9.97 Å². The average molecular weight is 567 g/mol. The molecule has 11 heteroatoms. The predicted molar refractivity (Wildman–Crippen MR) is 152 cm³/mol. The predicted octanol–water partition coefficient (Wildman–Crippen LogP) is 4.91. The van der Waals surface area contributed by atoms with E-state index < -0.39 is 23.6 Å². The van der Waals surface area contributed by atoms with E-state index >= 15 is 0 Å². The number of carbonyl (C=O) groups is 2. The third kappa shape index (κ3) is 7.99. The summed E-state index contributed by atoms with van der Waals surface area (Å²) in [5, 5.41) is 5.20. The minimum atomic E-state index is -4.56. The lowest BCUT2D eigenvalue weighted by atomic mass is 10.00. The van der Waals surface area contributed by atoms with Crippen LogP contribution in [0, 0.1) is 6.92 Å². The largest absolute Gasteiger partial charge is 0.416 e.